The molecule has 2 aliphatic rings. The highest BCUT2D eigenvalue weighted by Gasteiger charge is 2.36. The monoisotopic (exact) mass is 423 g/mol. The SMILES string of the molecule is C[C@@H]1CN(C(=O)Cc2csc(N3CCNC3=O)n2)[C@@H](C)CN1C(=O)OC(C)(C)C. The lowest BCUT2D eigenvalue weighted by molar-refractivity contribution is -0.136. The number of aromatic nitrogens is 1. The lowest BCUT2D eigenvalue weighted by atomic mass is 10.1. The zero-order chi connectivity index (χ0) is 21.3. The molecule has 3 rings (SSSR count). The maximum absolute atomic E-state index is 12.9. The van der Waals surface area contributed by atoms with Gasteiger partial charge in [-0.15, -0.1) is 11.3 Å². The van der Waals surface area contributed by atoms with E-state index in [4.69, 9.17) is 4.74 Å². The molecule has 160 valence electrons. The molecule has 2 aliphatic heterocycles. The number of thiazole rings is 1. The normalized spacial score (nSPS) is 22.7. The van der Waals surface area contributed by atoms with Gasteiger partial charge in [0.25, 0.3) is 0 Å². The maximum Gasteiger partial charge on any atom is 0.410 e. The minimum absolute atomic E-state index is 0.0316. The van der Waals surface area contributed by atoms with Crippen molar-refractivity contribution in [1.82, 2.24) is 20.1 Å². The number of ether oxygens (including phenoxy) is 1. The average molecular weight is 424 g/mol. The van der Waals surface area contributed by atoms with E-state index in [9.17, 15) is 14.4 Å². The molecule has 0 aromatic carbocycles. The van der Waals surface area contributed by atoms with Crippen LogP contribution >= 0.6 is 11.3 Å². The van der Waals surface area contributed by atoms with Crippen molar-refractivity contribution in [3.05, 3.63) is 11.1 Å². The third-order valence-corrected chi connectivity index (χ3v) is 5.81. The third kappa shape index (κ3) is 4.98. The van der Waals surface area contributed by atoms with Gasteiger partial charge in [0.05, 0.1) is 12.1 Å². The number of amides is 4. The summed E-state index contributed by atoms with van der Waals surface area (Å²) in [5, 5.41) is 5.18. The van der Waals surface area contributed by atoms with Crippen LogP contribution in [0.3, 0.4) is 0 Å². The summed E-state index contributed by atoms with van der Waals surface area (Å²) in [6.07, 6.45) is -0.174. The van der Waals surface area contributed by atoms with Crippen molar-refractivity contribution in [3.63, 3.8) is 0 Å². The van der Waals surface area contributed by atoms with Crippen LogP contribution < -0.4 is 10.2 Å². The van der Waals surface area contributed by atoms with Gasteiger partial charge in [-0.05, 0) is 34.6 Å². The molecule has 0 saturated carbocycles. The van der Waals surface area contributed by atoms with Crippen LogP contribution in [-0.2, 0) is 16.0 Å². The predicted molar refractivity (Wildman–Crippen MR) is 110 cm³/mol. The van der Waals surface area contributed by atoms with E-state index < -0.39 is 5.60 Å². The van der Waals surface area contributed by atoms with E-state index in [-0.39, 0.29) is 36.5 Å². The maximum atomic E-state index is 12.9. The zero-order valence-electron chi connectivity index (χ0n) is 17.6. The molecule has 0 unspecified atom stereocenters. The Hall–Kier alpha value is -2.36. The molecule has 3 heterocycles. The third-order valence-electron chi connectivity index (χ3n) is 4.89. The van der Waals surface area contributed by atoms with E-state index in [1.807, 2.05) is 40.0 Å². The summed E-state index contributed by atoms with van der Waals surface area (Å²) in [7, 11) is 0. The van der Waals surface area contributed by atoms with Gasteiger partial charge in [-0.2, -0.15) is 0 Å². The fraction of sp³-hybridized carbons (Fsp3) is 0.684. The van der Waals surface area contributed by atoms with Crippen molar-refractivity contribution in [2.75, 3.05) is 31.1 Å². The Balaban J connectivity index is 1.60. The van der Waals surface area contributed by atoms with Gasteiger partial charge in [-0.25, -0.2) is 14.6 Å². The van der Waals surface area contributed by atoms with Crippen LogP contribution in [-0.4, -0.2) is 76.7 Å². The summed E-state index contributed by atoms with van der Waals surface area (Å²) in [5.41, 5.74) is 0.103. The lowest BCUT2D eigenvalue weighted by Crippen LogP contribution is -2.60. The van der Waals surface area contributed by atoms with E-state index in [2.05, 4.69) is 10.3 Å². The van der Waals surface area contributed by atoms with E-state index >= 15 is 0 Å². The molecule has 4 amide bonds. The number of carbonyl (C=O) groups is 3. The summed E-state index contributed by atoms with van der Waals surface area (Å²) in [6.45, 7) is 11.4. The number of hydrogen-bond donors (Lipinski definition) is 1. The lowest BCUT2D eigenvalue weighted by Gasteiger charge is -2.44. The number of rotatable bonds is 3. The molecule has 29 heavy (non-hydrogen) atoms. The molecule has 1 aromatic rings. The Morgan fingerprint density at radius 3 is 2.52 bits per heavy atom. The zero-order valence-corrected chi connectivity index (χ0v) is 18.4. The van der Waals surface area contributed by atoms with Gasteiger partial charge in [0.15, 0.2) is 5.13 Å². The van der Waals surface area contributed by atoms with Crippen LogP contribution in [0.4, 0.5) is 14.7 Å². The van der Waals surface area contributed by atoms with Gasteiger partial charge in [-0.3, -0.25) is 9.69 Å². The molecule has 1 N–H and O–H groups in total. The van der Waals surface area contributed by atoms with Crippen LogP contribution in [0.1, 0.15) is 40.3 Å². The number of urea groups is 1. The second kappa shape index (κ2) is 8.17. The highest BCUT2D eigenvalue weighted by Crippen LogP contribution is 2.24. The number of nitrogens with one attached hydrogen (secondary N) is 1. The van der Waals surface area contributed by atoms with Crippen molar-refractivity contribution in [2.45, 2.75) is 58.7 Å². The van der Waals surface area contributed by atoms with Crippen molar-refractivity contribution in [1.29, 1.82) is 0 Å². The summed E-state index contributed by atoms with van der Waals surface area (Å²) in [6, 6.07) is -0.407. The number of anilines is 1. The van der Waals surface area contributed by atoms with E-state index in [1.165, 1.54) is 11.3 Å². The van der Waals surface area contributed by atoms with Gasteiger partial charge < -0.3 is 19.9 Å². The Bertz CT molecular complexity index is 790. The summed E-state index contributed by atoms with van der Waals surface area (Å²) >= 11 is 1.36. The molecular formula is C19H29N5O4S. The van der Waals surface area contributed by atoms with Gasteiger partial charge in [0.2, 0.25) is 5.91 Å². The molecule has 1 aromatic heterocycles. The first-order valence-electron chi connectivity index (χ1n) is 9.84. The second-order valence-corrected chi connectivity index (χ2v) is 9.40. The molecule has 10 heteroatoms. The molecule has 2 atom stereocenters. The van der Waals surface area contributed by atoms with Crippen LogP contribution in [0.5, 0.6) is 0 Å². The Kier molecular flexibility index (Phi) is 6.02. The second-order valence-electron chi connectivity index (χ2n) is 8.56. The van der Waals surface area contributed by atoms with E-state index in [1.54, 1.807) is 14.7 Å². The molecular weight excluding hydrogens is 394 g/mol. The molecule has 9 nitrogen and oxygen atoms in total. The van der Waals surface area contributed by atoms with Gasteiger partial charge >= 0.3 is 12.1 Å². The summed E-state index contributed by atoms with van der Waals surface area (Å²) in [5.74, 6) is -0.0316. The fourth-order valence-corrected chi connectivity index (χ4v) is 4.31. The standard InChI is InChI=1S/C19H29N5O4S/c1-12-10-24(18(27)28-19(3,4)5)13(2)9-23(12)15(25)8-14-11-29-17(21-14)22-7-6-20-16(22)26/h11-13H,6-10H2,1-5H3,(H,20,26)/t12-,13+/m0/s1. The van der Waals surface area contributed by atoms with Crippen molar-refractivity contribution in [2.24, 2.45) is 0 Å². The number of piperazine rings is 1. The molecule has 2 fully saturated rings. The first-order valence-corrected chi connectivity index (χ1v) is 10.7. The van der Waals surface area contributed by atoms with Crippen LogP contribution in [0, 0.1) is 0 Å². The Morgan fingerprint density at radius 2 is 1.90 bits per heavy atom. The highest BCUT2D eigenvalue weighted by atomic mass is 32.1. The summed E-state index contributed by atoms with van der Waals surface area (Å²) in [4.78, 5) is 46.6. The van der Waals surface area contributed by atoms with Crippen LogP contribution in [0.15, 0.2) is 5.38 Å². The number of hydrogen-bond acceptors (Lipinski definition) is 6. The molecule has 2 saturated heterocycles. The minimum atomic E-state index is -0.554. The number of nitrogens with zero attached hydrogens (tertiary/aromatic N) is 4. The average Bonchev–Trinajstić information content (AvgIpc) is 3.23. The topological polar surface area (TPSA) is 95.1 Å². The first kappa shape index (κ1) is 21.4. The van der Waals surface area contributed by atoms with Gasteiger partial charge in [-0.1, -0.05) is 0 Å². The molecule has 0 radical (unpaired) electrons. The highest BCUT2D eigenvalue weighted by molar-refractivity contribution is 7.14. The largest absolute Gasteiger partial charge is 0.444 e. The van der Waals surface area contributed by atoms with Gasteiger partial charge in [0, 0.05) is 43.6 Å². The van der Waals surface area contributed by atoms with E-state index in [0.29, 0.717) is 37.0 Å². The Labute approximate surface area is 175 Å². The quantitative estimate of drug-likeness (QED) is 0.803. The molecule has 0 bridgehead atoms. The van der Waals surface area contributed by atoms with Crippen molar-refractivity contribution >= 4 is 34.5 Å². The van der Waals surface area contributed by atoms with Gasteiger partial charge in [0.1, 0.15) is 5.60 Å². The minimum Gasteiger partial charge on any atom is -0.444 e. The van der Waals surface area contributed by atoms with Crippen molar-refractivity contribution < 1.29 is 19.1 Å². The van der Waals surface area contributed by atoms with Crippen LogP contribution in [0.2, 0.25) is 0 Å². The van der Waals surface area contributed by atoms with Crippen LogP contribution in [0.25, 0.3) is 0 Å². The van der Waals surface area contributed by atoms with Crippen molar-refractivity contribution in [3.8, 4) is 0 Å². The summed E-state index contributed by atoms with van der Waals surface area (Å²) < 4.78 is 5.49. The predicted octanol–water partition coefficient (Wildman–Crippen LogP) is 2.07. The molecule has 0 aliphatic carbocycles. The fourth-order valence-electron chi connectivity index (χ4n) is 3.46. The first-order chi connectivity index (χ1) is 13.5. The van der Waals surface area contributed by atoms with E-state index in [0.717, 1.165) is 0 Å². The Morgan fingerprint density at radius 1 is 1.24 bits per heavy atom. The molecule has 0 spiro atoms. The smallest absolute Gasteiger partial charge is 0.410 e. The number of carbonyl (C=O) groups excluding carboxylic acids is 3.